The molecule has 18 heavy (non-hydrogen) atoms. The zero-order valence-electron chi connectivity index (χ0n) is 10.8. The fourth-order valence-electron chi connectivity index (χ4n) is 2.90. The Morgan fingerprint density at radius 3 is 2.78 bits per heavy atom. The summed E-state index contributed by atoms with van der Waals surface area (Å²) in [5.41, 5.74) is 6.04. The molecule has 1 aliphatic carbocycles. The average molecular weight is 279 g/mol. The first-order valence-corrected chi connectivity index (χ1v) is 6.32. The van der Waals surface area contributed by atoms with E-state index in [1.165, 1.54) is 6.42 Å². The van der Waals surface area contributed by atoms with Crippen molar-refractivity contribution in [3.8, 4) is 0 Å². The van der Waals surface area contributed by atoms with Gasteiger partial charge in [0.1, 0.15) is 6.61 Å². The predicted octanol–water partition coefficient (Wildman–Crippen LogP) is 0.267. The predicted molar refractivity (Wildman–Crippen MR) is 70.7 cm³/mol. The third kappa shape index (κ3) is 3.57. The number of ether oxygens (including phenoxy) is 2. The summed E-state index contributed by atoms with van der Waals surface area (Å²) >= 11 is 0. The molecule has 2 N–H and O–H groups in total. The number of nitrogens with two attached hydrogens (primary N) is 1. The van der Waals surface area contributed by atoms with Crippen molar-refractivity contribution in [2.45, 2.75) is 18.9 Å². The van der Waals surface area contributed by atoms with Gasteiger partial charge in [-0.3, -0.25) is 4.79 Å². The quantitative estimate of drug-likeness (QED) is 0.733. The lowest BCUT2D eigenvalue weighted by atomic mass is 9.98. The van der Waals surface area contributed by atoms with Crippen LogP contribution >= 0.6 is 12.4 Å². The molecule has 0 aromatic carbocycles. The summed E-state index contributed by atoms with van der Waals surface area (Å²) in [6.45, 7) is 2.85. The van der Waals surface area contributed by atoms with Gasteiger partial charge in [-0.05, 0) is 24.7 Å². The van der Waals surface area contributed by atoms with E-state index in [4.69, 9.17) is 15.2 Å². The lowest BCUT2D eigenvalue weighted by Gasteiger charge is -2.18. The van der Waals surface area contributed by atoms with E-state index in [2.05, 4.69) is 0 Å². The Kier molecular flexibility index (Phi) is 6.35. The van der Waals surface area contributed by atoms with Crippen LogP contribution in [-0.4, -0.2) is 56.9 Å². The minimum absolute atomic E-state index is 0. The molecule has 0 spiro atoms. The molecule has 1 amide bonds. The minimum Gasteiger partial charge on any atom is -0.382 e. The summed E-state index contributed by atoms with van der Waals surface area (Å²) in [5.74, 6) is 1.22. The number of halogens is 1. The number of carbonyl (C=O) groups is 1. The van der Waals surface area contributed by atoms with Crippen LogP contribution in [0.3, 0.4) is 0 Å². The second-order valence-electron chi connectivity index (χ2n) is 5.01. The molecule has 0 aromatic heterocycles. The second kappa shape index (κ2) is 7.28. The number of nitrogens with zero attached hydrogens (tertiary/aromatic N) is 1. The Morgan fingerprint density at radius 1 is 1.33 bits per heavy atom. The zero-order chi connectivity index (χ0) is 12.3. The first-order chi connectivity index (χ1) is 8.22. The standard InChI is InChI=1S/C12H22N2O3.ClH/c1-16-4-5-17-8-12(15)14-6-9-2-3-11(13)10(9)7-14;/h9-11H,2-8,13H2,1H3;1H. The summed E-state index contributed by atoms with van der Waals surface area (Å²) < 4.78 is 10.1. The molecule has 1 saturated heterocycles. The maximum absolute atomic E-state index is 11.9. The Bertz CT molecular complexity index is 278. The Balaban J connectivity index is 0.00000162. The molecule has 1 aliphatic heterocycles. The highest BCUT2D eigenvalue weighted by Gasteiger charge is 2.42. The van der Waals surface area contributed by atoms with Crippen molar-refractivity contribution < 1.29 is 14.3 Å². The molecular formula is C12H23ClN2O3. The van der Waals surface area contributed by atoms with E-state index in [1.54, 1.807) is 7.11 Å². The molecule has 0 radical (unpaired) electrons. The maximum atomic E-state index is 11.9. The van der Waals surface area contributed by atoms with Crippen LogP contribution in [0.2, 0.25) is 0 Å². The van der Waals surface area contributed by atoms with Crippen molar-refractivity contribution in [2.24, 2.45) is 17.6 Å². The summed E-state index contributed by atoms with van der Waals surface area (Å²) in [6, 6.07) is 0.284. The van der Waals surface area contributed by atoms with Gasteiger partial charge in [0.15, 0.2) is 0 Å². The van der Waals surface area contributed by atoms with Gasteiger partial charge in [-0.2, -0.15) is 0 Å². The highest BCUT2D eigenvalue weighted by molar-refractivity contribution is 5.85. The van der Waals surface area contributed by atoms with E-state index in [0.717, 1.165) is 19.5 Å². The van der Waals surface area contributed by atoms with Crippen LogP contribution in [0.5, 0.6) is 0 Å². The number of fused-ring (bicyclic) bond motifs is 1. The third-order valence-corrected chi connectivity index (χ3v) is 3.92. The fourth-order valence-corrected chi connectivity index (χ4v) is 2.90. The Morgan fingerprint density at radius 2 is 2.11 bits per heavy atom. The summed E-state index contributed by atoms with van der Waals surface area (Å²) in [6.07, 6.45) is 2.28. The molecule has 0 bridgehead atoms. The molecule has 3 atom stereocenters. The number of hydrogen-bond donors (Lipinski definition) is 1. The van der Waals surface area contributed by atoms with Crippen LogP contribution in [0.25, 0.3) is 0 Å². The smallest absolute Gasteiger partial charge is 0.248 e. The number of methoxy groups -OCH3 is 1. The molecule has 5 nitrogen and oxygen atoms in total. The molecule has 2 rings (SSSR count). The van der Waals surface area contributed by atoms with Crippen molar-refractivity contribution in [3.63, 3.8) is 0 Å². The van der Waals surface area contributed by atoms with Crippen LogP contribution in [0, 0.1) is 11.8 Å². The van der Waals surface area contributed by atoms with Crippen molar-refractivity contribution in [1.29, 1.82) is 0 Å². The number of carbonyl (C=O) groups excluding carboxylic acids is 1. The van der Waals surface area contributed by atoms with Crippen LogP contribution in [-0.2, 0) is 14.3 Å². The number of hydrogen-bond acceptors (Lipinski definition) is 4. The van der Waals surface area contributed by atoms with Gasteiger partial charge >= 0.3 is 0 Å². The van der Waals surface area contributed by atoms with Crippen LogP contribution in [0.15, 0.2) is 0 Å². The van der Waals surface area contributed by atoms with Crippen molar-refractivity contribution in [3.05, 3.63) is 0 Å². The molecule has 106 valence electrons. The lowest BCUT2D eigenvalue weighted by molar-refractivity contribution is -0.135. The third-order valence-electron chi connectivity index (χ3n) is 3.92. The highest BCUT2D eigenvalue weighted by atomic mass is 35.5. The van der Waals surface area contributed by atoms with Gasteiger partial charge in [-0.25, -0.2) is 0 Å². The van der Waals surface area contributed by atoms with Crippen LogP contribution in [0.4, 0.5) is 0 Å². The van der Waals surface area contributed by atoms with Gasteiger partial charge in [0.05, 0.1) is 13.2 Å². The van der Waals surface area contributed by atoms with Gasteiger partial charge in [-0.15, -0.1) is 12.4 Å². The molecular weight excluding hydrogens is 256 g/mol. The topological polar surface area (TPSA) is 64.8 Å². The number of amides is 1. The van der Waals surface area contributed by atoms with E-state index < -0.39 is 0 Å². The fraction of sp³-hybridized carbons (Fsp3) is 0.917. The van der Waals surface area contributed by atoms with Crippen molar-refractivity contribution in [1.82, 2.24) is 4.90 Å². The van der Waals surface area contributed by atoms with Gasteiger partial charge < -0.3 is 20.1 Å². The lowest BCUT2D eigenvalue weighted by Crippen LogP contribution is -2.35. The van der Waals surface area contributed by atoms with E-state index in [1.807, 2.05) is 4.90 Å². The van der Waals surface area contributed by atoms with E-state index in [9.17, 15) is 4.79 Å². The van der Waals surface area contributed by atoms with Crippen LogP contribution < -0.4 is 5.73 Å². The Hall–Kier alpha value is -0.360. The van der Waals surface area contributed by atoms with E-state index >= 15 is 0 Å². The van der Waals surface area contributed by atoms with Crippen molar-refractivity contribution in [2.75, 3.05) is 40.0 Å². The largest absolute Gasteiger partial charge is 0.382 e. The van der Waals surface area contributed by atoms with Gasteiger partial charge in [0, 0.05) is 26.2 Å². The minimum atomic E-state index is 0. The van der Waals surface area contributed by atoms with Crippen LogP contribution in [0.1, 0.15) is 12.8 Å². The highest BCUT2D eigenvalue weighted by Crippen LogP contribution is 2.36. The molecule has 6 heteroatoms. The zero-order valence-corrected chi connectivity index (χ0v) is 11.7. The molecule has 1 heterocycles. The molecule has 0 aromatic rings. The van der Waals surface area contributed by atoms with Gasteiger partial charge in [0.2, 0.25) is 5.91 Å². The summed E-state index contributed by atoms with van der Waals surface area (Å²) in [5, 5.41) is 0. The molecule has 3 unspecified atom stereocenters. The van der Waals surface area contributed by atoms with E-state index in [0.29, 0.717) is 25.0 Å². The second-order valence-corrected chi connectivity index (χ2v) is 5.01. The Labute approximate surface area is 114 Å². The summed E-state index contributed by atoms with van der Waals surface area (Å²) in [4.78, 5) is 13.8. The van der Waals surface area contributed by atoms with Gasteiger partial charge in [0.25, 0.3) is 0 Å². The normalized spacial score (nSPS) is 30.1. The first-order valence-electron chi connectivity index (χ1n) is 6.32. The maximum Gasteiger partial charge on any atom is 0.248 e. The first kappa shape index (κ1) is 15.7. The monoisotopic (exact) mass is 278 g/mol. The molecule has 1 saturated carbocycles. The van der Waals surface area contributed by atoms with Gasteiger partial charge in [-0.1, -0.05) is 0 Å². The van der Waals surface area contributed by atoms with E-state index in [-0.39, 0.29) is 31.0 Å². The number of rotatable bonds is 5. The number of likely N-dealkylation sites (tertiary alicyclic amines) is 1. The molecule has 2 fully saturated rings. The SMILES string of the molecule is COCCOCC(=O)N1CC2CCC(N)C2C1.Cl. The molecule has 2 aliphatic rings. The summed E-state index contributed by atoms with van der Waals surface area (Å²) in [7, 11) is 1.62. The average Bonchev–Trinajstić information content (AvgIpc) is 2.87. The van der Waals surface area contributed by atoms with Crippen molar-refractivity contribution >= 4 is 18.3 Å².